The lowest BCUT2D eigenvalue weighted by Crippen LogP contribution is -2.44. The Morgan fingerprint density at radius 3 is 2.48 bits per heavy atom. The molecule has 0 bridgehead atoms. The molecule has 1 unspecified atom stereocenters. The summed E-state index contributed by atoms with van der Waals surface area (Å²) >= 11 is 3.00. The zero-order valence-electron chi connectivity index (χ0n) is 14.0. The van der Waals surface area contributed by atoms with Gasteiger partial charge >= 0.3 is 11.9 Å². The predicted octanol–water partition coefficient (Wildman–Crippen LogP) is 3.36. The van der Waals surface area contributed by atoms with Crippen LogP contribution in [0.4, 0.5) is 0 Å². The molecule has 25 heavy (non-hydrogen) atoms. The van der Waals surface area contributed by atoms with Gasteiger partial charge in [0.15, 0.2) is 5.57 Å². The Balaban J connectivity index is 1.69. The van der Waals surface area contributed by atoms with Crippen molar-refractivity contribution in [3.05, 3.63) is 39.1 Å². The number of ether oxygens (including phenoxy) is 3. The fraction of sp³-hybridized carbons (Fsp3) is 0.444. The van der Waals surface area contributed by atoms with Gasteiger partial charge in [-0.2, -0.15) is 0 Å². The van der Waals surface area contributed by atoms with Crippen LogP contribution in [0.25, 0.3) is 0 Å². The number of carbonyl (C=O) groups excluding carboxylic acids is 2. The Kier molecular flexibility index (Phi) is 4.24. The normalized spacial score (nSPS) is 28.5. The van der Waals surface area contributed by atoms with Crippen LogP contribution >= 0.6 is 23.5 Å². The second-order valence-electron chi connectivity index (χ2n) is 6.20. The van der Waals surface area contributed by atoms with Crippen LogP contribution in [0.15, 0.2) is 28.0 Å². The molecule has 0 aliphatic carbocycles. The number of fused-ring (bicyclic) bond motifs is 1. The van der Waals surface area contributed by atoms with Crippen molar-refractivity contribution in [3.63, 3.8) is 0 Å². The van der Waals surface area contributed by atoms with Crippen LogP contribution in [0.1, 0.15) is 31.4 Å². The van der Waals surface area contributed by atoms with E-state index in [1.54, 1.807) is 6.07 Å². The van der Waals surface area contributed by atoms with E-state index in [9.17, 15) is 9.59 Å². The van der Waals surface area contributed by atoms with Crippen molar-refractivity contribution in [2.75, 3.05) is 11.5 Å². The largest absolute Gasteiger partial charge is 0.490 e. The second-order valence-corrected chi connectivity index (χ2v) is 8.67. The Morgan fingerprint density at radius 1 is 1.16 bits per heavy atom. The highest BCUT2D eigenvalue weighted by molar-refractivity contribution is 8.25. The first-order chi connectivity index (χ1) is 12.0. The Bertz CT molecular complexity index is 758. The van der Waals surface area contributed by atoms with Gasteiger partial charge in [0.25, 0.3) is 5.79 Å². The summed E-state index contributed by atoms with van der Waals surface area (Å²) < 4.78 is 17.8. The van der Waals surface area contributed by atoms with Gasteiger partial charge in [-0.1, -0.05) is 6.92 Å². The molecule has 0 spiro atoms. The molecule has 4 rings (SSSR count). The lowest BCUT2D eigenvalue weighted by molar-refractivity contribution is -0.242. The highest BCUT2D eigenvalue weighted by Crippen LogP contribution is 2.44. The van der Waals surface area contributed by atoms with Crippen molar-refractivity contribution in [3.8, 4) is 5.75 Å². The van der Waals surface area contributed by atoms with Crippen LogP contribution in [-0.4, -0.2) is 29.5 Å². The van der Waals surface area contributed by atoms with Gasteiger partial charge < -0.3 is 14.2 Å². The van der Waals surface area contributed by atoms with Crippen molar-refractivity contribution in [1.29, 1.82) is 0 Å². The smallest absolute Gasteiger partial charge is 0.350 e. The first kappa shape index (κ1) is 16.8. The minimum absolute atomic E-state index is 0.0368. The molecule has 0 N–H and O–H groups in total. The number of carbonyl (C=O) groups is 2. The summed E-state index contributed by atoms with van der Waals surface area (Å²) in [4.78, 5) is 25.2. The zero-order chi connectivity index (χ0) is 17.6. The Morgan fingerprint density at radius 2 is 1.84 bits per heavy atom. The maximum atomic E-state index is 12.6. The van der Waals surface area contributed by atoms with E-state index in [-0.39, 0.29) is 11.7 Å². The van der Waals surface area contributed by atoms with E-state index in [1.807, 2.05) is 26.0 Å². The van der Waals surface area contributed by atoms with Crippen molar-refractivity contribution in [2.45, 2.75) is 38.6 Å². The SMILES string of the molecule is CCC1(c2ccc3c(c2)CC(C)O3)OC(=O)C(=C2SCCS2)C(=O)O1. The average Bonchev–Trinajstić information content (AvgIpc) is 3.21. The highest BCUT2D eigenvalue weighted by atomic mass is 32.2. The van der Waals surface area contributed by atoms with Gasteiger partial charge in [0.05, 0.1) is 4.24 Å². The Labute approximate surface area is 154 Å². The number of cyclic esters (lactones) is 2. The van der Waals surface area contributed by atoms with E-state index in [1.165, 1.54) is 23.5 Å². The fourth-order valence-electron chi connectivity index (χ4n) is 3.25. The van der Waals surface area contributed by atoms with Gasteiger partial charge in [-0.15, -0.1) is 23.5 Å². The second kappa shape index (κ2) is 6.29. The van der Waals surface area contributed by atoms with Gasteiger partial charge in [0.2, 0.25) is 0 Å². The first-order valence-electron chi connectivity index (χ1n) is 8.29. The van der Waals surface area contributed by atoms with E-state index in [2.05, 4.69) is 0 Å². The molecule has 3 aliphatic heterocycles. The molecule has 2 fully saturated rings. The van der Waals surface area contributed by atoms with E-state index in [0.29, 0.717) is 16.2 Å². The van der Waals surface area contributed by atoms with Crippen molar-refractivity contribution in [2.24, 2.45) is 0 Å². The van der Waals surface area contributed by atoms with Crippen LogP contribution in [0.2, 0.25) is 0 Å². The first-order valence-corrected chi connectivity index (χ1v) is 10.3. The summed E-state index contributed by atoms with van der Waals surface area (Å²) in [5, 5.41) is 0. The quantitative estimate of drug-likeness (QED) is 0.444. The van der Waals surface area contributed by atoms with Gasteiger partial charge in [0.1, 0.15) is 11.9 Å². The molecule has 0 aromatic heterocycles. The number of hydrogen-bond acceptors (Lipinski definition) is 7. The van der Waals surface area contributed by atoms with Crippen LogP contribution < -0.4 is 4.74 Å². The third-order valence-electron chi connectivity index (χ3n) is 4.48. The van der Waals surface area contributed by atoms with Gasteiger partial charge in [-0.3, -0.25) is 0 Å². The number of hydrogen-bond donors (Lipinski definition) is 0. The van der Waals surface area contributed by atoms with Crippen LogP contribution in [0, 0.1) is 0 Å². The summed E-state index contributed by atoms with van der Waals surface area (Å²) in [5.74, 6) is 0.0307. The van der Waals surface area contributed by atoms with E-state index in [4.69, 9.17) is 14.2 Å². The summed E-state index contributed by atoms with van der Waals surface area (Å²) in [7, 11) is 0. The number of benzene rings is 1. The van der Waals surface area contributed by atoms with Crippen molar-refractivity contribution in [1.82, 2.24) is 0 Å². The zero-order valence-corrected chi connectivity index (χ0v) is 15.6. The van der Waals surface area contributed by atoms with Crippen LogP contribution in [-0.2, 0) is 31.3 Å². The molecule has 5 nitrogen and oxygen atoms in total. The molecule has 3 heterocycles. The summed E-state index contributed by atoms with van der Waals surface area (Å²) in [6.07, 6.45) is 1.25. The van der Waals surface area contributed by atoms with Gasteiger partial charge in [-0.25, -0.2) is 9.59 Å². The molecule has 1 aromatic carbocycles. The third-order valence-corrected chi connectivity index (χ3v) is 7.19. The molecular formula is C18H18O5S2. The molecule has 1 aromatic rings. The average molecular weight is 378 g/mol. The van der Waals surface area contributed by atoms with Gasteiger partial charge in [-0.05, 0) is 30.7 Å². The molecular weight excluding hydrogens is 360 g/mol. The third kappa shape index (κ3) is 2.83. The molecule has 0 radical (unpaired) electrons. The maximum Gasteiger partial charge on any atom is 0.350 e. The summed E-state index contributed by atoms with van der Waals surface area (Å²) in [5.41, 5.74) is 1.74. The van der Waals surface area contributed by atoms with Crippen LogP contribution in [0.5, 0.6) is 5.75 Å². The van der Waals surface area contributed by atoms with Gasteiger partial charge in [0, 0.05) is 29.9 Å². The molecule has 2 saturated heterocycles. The minimum Gasteiger partial charge on any atom is -0.490 e. The number of esters is 2. The highest BCUT2D eigenvalue weighted by Gasteiger charge is 2.48. The molecule has 1 atom stereocenters. The molecule has 0 amide bonds. The number of rotatable bonds is 2. The fourth-order valence-corrected chi connectivity index (χ4v) is 5.75. The van der Waals surface area contributed by atoms with Crippen molar-refractivity contribution < 1.29 is 23.8 Å². The molecule has 132 valence electrons. The Hall–Kier alpha value is -1.60. The minimum atomic E-state index is -1.37. The lowest BCUT2D eigenvalue weighted by atomic mass is 9.97. The molecule has 7 heteroatoms. The van der Waals surface area contributed by atoms with E-state index >= 15 is 0 Å². The number of thioether (sulfide) groups is 2. The lowest BCUT2D eigenvalue weighted by Gasteiger charge is -2.36. The predicted molar refractivity (Wildman–Crippen MR) is 96.3 cm³/mol. The monoisotopic (exact) mass is 378 g/mol. The van der Waals surface area contributed by atoms with E-state index in [0.717, 1.165) is 29.2 Å². The standard InChI is InChI=1S/C18H18O5S2/c1-3-18(12-4-5-13-11(9-12)8-10(2)21-13)22-15(19)14(16(20)23-18)17-24-6-7-25-17/h4-5,9-10H,3,6-8H2,1-2H3. The molecule has 0 saturated carbocycles. The van der Waals surface area contributed by atoms with Crippen molar-refractivity contribution >= 4 is 35.5 Å². The maximum absolute atomic E-state index is 12.6. The van der Waals surface area contributed by atoms with Crippen LogP contribution in [0.3, 0.4) is 0 Å². The van der Waals surface area contributed by atoms with E-state index < -0.39 is 17.7 Å². The summed E-state index contributed by atoms with van der Waals surface area (Å²) in [6, 6.07) is 5.57. The summed E-state index contributed by atoms with van der Waals surface area (Å²) in [6.45, 7) is 3.84. The molecule has 3 aliphatic rings. The topological polar surface area (TPSA) is 61.8 Å².